The Bertz CT molecular complexity index is 562. The average molecular weight is 305 g/mol. The van der Waals surface area contributed by atoms with Gasteiger partial charge in [-0.05, 0) is 25.8 Å². The highest BCUT2D eigenvalue weighted by Crippen LogP contribution is 2.25. The SMILES string of the molecule is CCC(C)C(NS(=O)(=O)c1cc(C)sc1C)C(=O)O. The zero-order chi connectivity index (χ0) is 14.8. The van der Waals surface area contributed by atoms with Crippen molar-refractivity contribution in [1.29, 1.82) is 0 Å². The molecule has 7 heteroatoms. The number of thiophene rings is 1. The van der Waals surface area contributed by atoms with Crippen LogP contribution in [0.15, 0.2) is 11.0 Å². The minimum absolute atomic E-state index is 0.171. The van der Waals surface area contributed by atoms with Crippen LogP contribution in [-0.4, -0.2) is 25.5 Å². The second-order valence-electron chi connectivity index (χ2n) is 4.60. The summed E-state index contributed by atoms with van der Waals surface area (Å²) in [6.45, 7) is 7.08. The molecule has 0 aliphatic heterocycles. The van der Waals surface area contributed by atoms with Crippen LogP contribution in [0.2, 0.25) is 0 Å². The van der Waals surface area contributed by atoms with Gasteiger partial charge in [0.05, 0.1) is 4.90 Å². The molecule has 0 aromatic carbocycles. The van der Waals surface area contributed by atoms with Crippen LogP contribution in [0, 0.1) is 19.8 Å². The molecule has 1 aromatic heterocycles. The smallest absolute Gasteiger partial charge is 0.322 e. The van der Waals surface area contributed by atoms with Gasteiger partial charge < -0.3 is 5.11 Å². The molecule has 2 unspecified atom stereocenters. The lowest BCUT2D eigenvalue weighted by atomic mass is 10.0. The van der Waals surface area contributed by atoms with Crippen LogP contribution in [0.4, 0.5) is 0 Å². The van der Waals surface area contributed by atoms with Gasteiger partial charge in [-0.25, -0.2) is 8.42 Å². The molecule has 0 radical (unpaired) electrons. The third-order valence-corrected chi connectivity index (χ3v) is 5.71. The van der Waals surface area contributed by atoms with E-state index in [1.165, 1.54) is 11.3 Å². The van der Waals surface area contributed by atoms with E-state index in [0.29, 0.717) is 11.3 Å². The van der Waals surface area contributed by atoms with Gasteiger partial charge in [0.1, 0.15) is 6.04 Å². The number of carbonyl (C=O) groups is 1. The van der Waals surface area contributed by atoms with Crippen LogP contribution < -0.4 is 4.72 Å². The lowest BCUT2D eigenvalue weighted by Gasteiger charge is -2.19. The van der Waals surface area contributed by atoms with Gasteiger partial charge in [-0.15, -0.1) is 11.3 Å². The largest absolute Gasteiger partial charge is 0.480 e. The van der Waals surface area contributed by atoms with Gasteiger partial charge in [-0.3, -0.25) is 4.79 Å². The number of sulfonamides is 1. The fraction of sp³-hybridized carbons (Fsp3) is 0.583. The maximum Gasteiger partial charge on any atom is 0.322 e. The van der Waals surface area contributed by atoms with Crippen molar-refractivity contribution in [1.82, 2.24) is 4.72 Å². The van der Waals surface area contributed by atoms with E-state index >= 15 is 0 Å². The van der Waals surface area contributed by atoms with Crippen LogP contribution in [0.1, 0.15) is 30.0 Å². The van der Waals surface area contributed by atoms with Gasteiger partial charge in [0, 0.05) is 9.75 Å². The molecule has 0 spiro atoms. The number of hydrogen-bond donors (Lipinski definition) is 2. The lowest BCUT2D eigenvalue weighted by molar-refractivity contribution is -0.140. The molecule has 0 fully saturated rings. The van der Waals surface area contributed by atoms with E-state index in [2.05, 4.69) is 4.72 Å². The van der Waals surface area contributed by atoms with Crippen molar-refractivity contribution in [2.24, 2.45) is 5.92 Å². The predicted molar refractivity (Wildman–Crippen MR) is 75.0 cm³/mol. The standard InChI is InChI=1S/C12H19NO4S2/c1-5-7(2)11(12(14)15)13-19(16,17)10-6-8(3)18-9(10)4/h6-7,11,13H,5H2,1-4H3,(H,14,15). The summed E-state index contributed by atoms with van der Waals surface area (Å²) in [5, 5.41) is 9.14. The molecule has 0 saturated heterocycles. The van der Waals surface area contributed by atoms with Crippen molar-refractivity contribution in [2.75, 3.05) is 0 Å². The first-order chi connectivity index (χ1) is 8.69. The number of aryl methyl sites for hydroxylation is 2. The van der Waals surface area contributed by atoms with E-state index in [4.69, 9.17) is 5.11 Å². The number of nitrogens with one attached hydrogen (secondary N) is 1. The Kier molecular flexibility index (Phi) is 5.11. The first kappa shape index (κ1) is 16.1. The zero-order valence-electron chi connectivity index (χ0n) is 11.4. The van der Waals surface area contributed by atoms with Crippen LogP contribution in [0.5, 0.6) is 0 Å². The summed E-state index contributed by atoms with van der Waals surface area (Å²) in [6.07, 6.45) is 0.584. The van der Waals surface area contributed by atoms with Gasteiger partial charge in [-0.2, -0.15) is 4.72 Å². The number of rotatable bonds is 6. The molecule has 1 aromatic rings. The molecular formula is C12H19NO4S2. The molecule has 2 atom stereocenters. The van der Waals surface area contributed by atoms with Gasteiger partial charge >= 0.3 is 5.97 Å². The average Bonchev–Trinajstić information content (AvgIpc) is 2.65. The van der Waals surface area contributed by atoms with Gasteiger partial charge in [-0.1, -0.05) is 20.3 Å². The topological polar surface area (TPSA) is 83.5 Å². The summed E-state index contributed by atoms with van der Waals surface area (Å²) in [5.41, 5.74) is 0. The Morgan fingerprint density at radius 2 is 2.05 bits per heavy atom. The fourth-order valence-electron chi connectivity index (χ4n) is 1.75. The highest BCUT2D eigenvalue weighted by Gasteiger charge is 2.30. The molecular weight excluding hydrogens is 286 g/mol. The predicted octanol–water partition coefficient (Wildman–Crippen LogP) is 2.14. The van der Waals surface area contributed by atoms with E-state index < -0.39 is 22.0 Å². The van der Waals surface area contributed by atoms with Crippen molar-refractivity contribution in [2.45, 2.75) is 45.1 Å². The number of hydrogen-bond acceptors (Lipinski definition) is 4. The van der Waals surface area contributed by atoms with Crippen molar-refractivity contribution < 1.29 is 18.3 Å². The van der Waals surface area contributed by atoms with Gasteiger partial charge in [0.15, 0.2) is 0 Å². The molecule has 19 heavy (non-hydrogen) atoms. The Balaban J connectivity index is 3.08. The summed E-state index contributed by atoms with van der Waals surface area (Å²) in [6, 6.07) is 0.465. The van der Waals surface area contributed by atoms with Crippen molar-refractivity contribution in [3.8, 4) is 0 Å². The van der Waals surface area contributed by atoms with Crippen molar-refractivity contribution in [3.05, 3.63) is 15.8 Å². The lowest BCUT2D eigenvalue weighted by Crippen LogP contribution is -2.44. The number of carboxylic acids is 1. The Morgan fingerprint density at radius 1 is 1.47 bits per heavy atom. The number of aliphatic carboxylic acids is 1. The van der Waals surface area contributed by atoms with Crippen LogP contribution in [-0.2, 0) is 14.8 Å². The molecule has 1 heterocycles. The molecule has 108 valence electrons. The van der Waals surface area contributed by atoms with E-state index in [1.54, 1.807) is 19.9 Å². The first-order valence-corrected chi connectivity index (χ1v) is 8.31. The molecule has 2 N–H and O–H groups in total. The molecule has 0 saturated carbocycles. The number of carboxylic acid groups (broad SMARTS) is 1. The quantitative estimate of drug-likeness (QED) is 0.843. The Labute approximate surface area is 117 Å². The minimum Gasteiger partial charge on any atom is -0.480 e. The van der Waals surface area contributed by atoms with E-state index in [9.17, 15) is 13.2 Å². The third-order valence-electron chi connectivity index (χ3n) is 3.05. The molecule has 5 nitrogen and oxygen atoms in total. The fourth-order valence-corrected chi connectivity index (χ4v) is 4.60. The molecule has 0 aliphatic rings. The van der Waals surface area contributed by atoms with Crippen molar-refractivity contribution in [3.63, 3.8) is 0 Å². The summed E-state index contributed by atoms with van der Waals surface area (Å²) < 4.78 is 26.8. The van der Waals surface area contributed by atoms with Crippen molar-refractivity contribution >= 4 is 27.3 Å². The summed E-state index contributed by atoms with van der Waals surface area (Å²) in [4.78, 5) is 12.9. The second kappa shape index (κ2) is 6.02. The molecule has 1 rings (SSSR count). The zero-order valence-corrected chi connectivity index (χ0v) is 13.1. The molecule has 0 bridgehead atoms. The Morgan fingerprint density at radius 3 is 2.42 bits per heavy atom. The van der Waals surface area contributed by atoms with Crippen LogP contribution in [0.25, 0.3) is 0 Å². The molecule has 0 amide bonds. The maximum atomic E-state index is 12.2. The van der Waals surface area contributed by atoms with Gasteiger partial charge in [0.2, 0.25) is 10.0 Å². The second-order valence-corrected chi connectivity index (χ2v) is 7.74. The highest BCUT2D eigenvalue weighted by atomic mass is 32.2. The maximum absolute atomic E-state index is 12.2. The van der Waals surface area contributed by atoms with Gasteiger partial charge in [0.25, 0.3) is 0 Å². The van der Waals surface area contributed by atoms with E-state index in [1.807, 2.05) is 13.8 Å². The van der Waals surface area contributed by atoms with E-state index in [0.717, 1.165) is 4.88 Å². The molecule has 0 aliphatic carbocycles. The first-order valence-electron chi connectivity index (χ1n) is 6.01. The summed E-state index contributed by atoms with van der Waals surface area (Å²) in [5.74, 6) is -1.42. The highest BCUT2D eigenvalue weighted by molar-refractivity contribution is 7.89. The normalized spacial score (nSPS) is 15.2. The van der Waals surface area contributed by atoms with Crippen LogP contribution >= 0.6 is 11.3 Å². The monoisotopic (exact) mass is 305 g/mol. The Hall–Kier alpha value is -0.920. The summed E-state index contributed by atoms with van der Waals surface area (Å²) in [7, 11) is -3.79. The van der Waals surface area contributed by atoms with E-state index in [-0.39, 0.29) is 10.8 Å². The minimum atomic E-state index is -3.79. The van der Waals surface area contributed by atoms with Crippen LogP contribution in [0.3, 0.4) is 0 Å². The summed E-state index contributed by atoms with van der Waals surface area (Å²) >= 11 is 1.38. The third kappa shape index (κ3) is 3.77.